The van der Waals surface area contributed by atoms with Crippen molar-refractivity contribution < 1.29 is 9.53 Å². The second-order valence-corrected chi connectivity index (χ2v) is 7.51. The number of fused-ring (bicyclic) bond motifs is 1. The van der Waals surface area contributed by atoms with Gasteiger partial charge in [-0.05, 0) is 49.2 Å². The average Bonchev–Trinajstić information content (AvgIpc) is 3.30. The van der Waals surface area contributed by atoms with E-state index in [2.05, 4.69) is 31.0 Å². The minimum Gasteiger partial charge on any atom is -0.497 e. The van der Waals surface area contributed by atoms with Crippen LogP contribution in [-0.4, -0.2) is 22.8 Å². The summed E-state index contributed by atoms with van der Waals surface area (Å²) in [7, 11) is 1.62. The van der Waals surface area contributed by atoms with Gasteiger partial charge in [0, 0.05) is 15.5 Å². The number of carbonyl (C=O) groups excluding carboxylic acids is 1. The predicted octanol–water partition coefficient (Wildman–Crippen LogP) is 5.17. The molecule has 0 aliphatic heterocycles. The van der Waals surface area contributed by atoms with E-state index < -0.39 is 0 Å². The quantitative estimate of drug-likeness (QED) is 0.641. The number of amides is 1. The van der Waals surface area contributed by atoms with Gasteiger partial charge < -0.3 is 10.1 Å². The molecule has 0 atom stereocenters. The van der Waals surface area contributed by atoms with E-state index >= 15 is 0 Å². The Hall–Kier alpha value is -2.34. The van der Waals surface area contributed by atoms with Crippen LogP contribution in [0.1, 0.15) is 42.1 Å². The van der Waals surface area contributed by atoms with Crippen LogP contribution in [0.3, 0.4) is 0 Å². The van der Waals surface area contributed by atoms with Crippen molar-refractivity contribution in [2.24, 2.45) is 0 Å². The molecule has 1 aliphatic carbocycles. The molecule has 1 saturated carbocycles. The van der Waals surface area contributed by atoms with E-state index in [-0.39, 0.29) is 5.91 Å². The molecule has 1 N–H and O–H groups in total. The normalized spacial score (nSPS) is 14.7. The highest BCUT2D eigenvalue weighted by atomic mass is 79.9. The van der Waals surface area contributed by atoms with E-state index in [4.69, 9.17) is 4.74 Å². The fourth-order valence-electron chi connectivity index (χ4n) is 3.61. The lowest BCUT2D eigenvalue weighted by atomic mass is 10.1. The molecule has 0 bridgehead atoms. The number of benzene rings is 2. The van der Waals surface area contributed by atoms with E-state index in [0.717, 1.165) is 39.7 Å². The number of nitrogens with one attached hydrogen (secondary N) is 1. The number of nitrogens with zero attached hydrogens (tertiary/aromatic N) is 2. The minimum absolute atomic E-state index is 0.146. The summed E-state index contributed by atoms with van der Waals surface area (Å²) >= 11 is 3.55. The average molecular weight is 414 g/mol. The zero-order chi connectivity index (χ0) is 18.1. The number of rotatable bonds is 4. The van der Waals surface area contributed by atoms with E-state index in [1.54, 1.807) is 7.11 Å². The van der Waals surface area contributed by atoms with Gasteiger partial charge in [-0.15, -0.1) is 0 Å². The lowest BCUT2D eigenvalue weighted by Crippen LogP contribution is -2.12. The van der Waals surface area contributed by atoms with Crippen molar-refractivity contribution in [2.45, 2.75) is 31.7 Å². The number of hydrogen-bond acceptors (Lipinski definition) is 3. The largest absolute Gasteiger partial charge is 0.497 e. The van der Waals surface area contributed by atoms with E-state index in [1.165, 1.54) is 12.8 Å². The number of hydrogen-bond donors (Lipinski definition) is 1. The molecule has 26 heavy (non-hydrogen) atoms. The van der Waals surface area contributed by atoms with Crippen LogP contribution in [0, 0.1) is 0 Å². The Morgan fingerprint density at radius 1 is 1.23 bits per heavy atom. The molecule has 0 spiro atoms. The Labute approximate surface area is 160 Å². The van der Waals surface area contributed by atoms with Gasteiger partial charge in [0.15, 0.2) is 0 Å². The van der Waals surface area contributed by atoms with Gasteiger partial charge in [0.2, 0.25) is 0 Å². The minimum atomic E-state index is -0.146. The number of anilines is 1. The van der Waals surface area contributed by atoms with Gasteiger partial charge in [-0.3, -0.25) is 9.48 Å². The van der Waals surface area contributed by atoms with Gasteiger partial charge in [0.25, 0.3) is 5.91 Å². The molecule has 1 amide bonds. The Morgan fingerprint density at radius 2 is 1.96 bits per heavy atom. The van der Waals surface area contributed by atoms with Crippen molar-refractivity contribution in [3.63, 3.8) is 0 Å². The first-order chi connectivity index (χ1) is 12.7. The number of ether oxygens (including phenoxy) is 1. The third-order valence-electron chi connectivity index (χ3n) is 4.94. The number of methoxy groups -OCH3 is 1. The summed E-state index contributed by atoms with van der Waals surface area (Å²) in [4.78, 5) is 12.9. The highest BCUT2D eigenvalue weighted by Gasteiger charge is 2.22. The molecular weight excluding hydrogens is 394 g/mol. The Bertz CT molecular complexity index is 944. The second kappa shape index (κ2) is 7.11. The van der Waals surface area contributed by atoms with Gasteiger partial charge in [0.05, 0.1) is 30.4 Å². The third-order valence-corrected chi connectivity index (χ3v) is 5.40. The van der Waals surface area contributed by atoms with E-state index in [1.807, 2.05) is 42.6 Å². The molecule has 2 aromatic carbocycles. The van der Waals surface area contributed by atoms with Crippen LogP contribution in [-0.2, 0) is 0 Å². The molecule has 5 nitrogen and oxygen atoms in total. The van der Waals surface area contributed by atoms with E-state index in [0.29, 0.717) is 11.6 Å². The molecule has 1 aliphatic rings. The Balaban J connectivity index is 1.67. The summed E-state index contributed by atoms with van der Waals surface area (Å²) in [6, 6.07) is 11.6. The van der Waals surface area contributed by atoms with Crippen molar-refractivity contribution in [1.82, 2.24) is 9.78 Å². The topological polar surface area (TPSA) is 56.1 Å². The van der Waals surface area contributed by atoms with Crippen LogP contribution in [0.2, 0.25) is 0 Å². The molecule has 0 unspecified atom stereocenters. The Kier molecular flexibility index (Phi) is 4.68. The van der Waals surface area contributed by atoms with Gasteiger partial charge in [-0.1, -0.05) is 28.8 Å². The van der Waals surface area contributed by atoms with E-state index in [9.17, 15) is 4.79 Å². The zero-order valence-electron chi connectivity index (χ0n) is 14.5. The number of carbonyl (C=O) groups is 1. The first kappa shape index (κ1) is 17.1. The van der Waals surface area contributed by atoms with Crippen molar-refractivity contribution in [3.8, 4) is 5.75 Å². The maximum Gasteiger partial charge on any atom is 0.256 e. The molecule has 6 heteroatoms. The molecule has 134 valence electrons. The van der Waals surface area contributed by atoms with Crippen LogP contribution in [0.5, 0.6) is 5.75 Å². The highest BCUT2D eigenvalue weighted by Crippen LogP contribution is 2.34. The first-order valence-corrected chi connectivity index (χ1v) is 9.57. The molecule has 1 heterocycles. The molecule has 1 aromatic heterocycles. The van der Waals surface area contributed by atoms with Gasteiger partial charge in [0.1, 0.15) is 5.75 Å². The summed E-state index contributed by atoms with van der Waals surface area (Å²) in [5, 5.41) is 8.43. The Morgan fingerprint density at radius 3 is 2.65 bits per heavy atom. The molecule has 0 radical (unpaired) electrons. The van der Waals surface area contributed by atoms with Crippen LogP contribution in [0.25, 0.3) is 10.9 Å². The van der Waals surface area contributed by atoms with Crippen molar-refractivity contribution in [2.75, 3.05) is 12.4 Å². The zero-order valence-corrected chi connectivity index (χ0v) is 16.1. The fraction of sp³-hybridized carbons (Fsp3) is 0.300. The van der Waals surface area contributed by atoms with Gasteiger partial charge >= 0.3 is 0 Å². The highest BCUT2D eigenvalue weighted by molar-refractivity contribution is 9.10. The first-order valence-electron chi connectivity index (χ1n) is 8.78. The summed E-state index contributed by atoms with van der Waals surface area (Å²) in [5.41, 5.74) is 2.35. The van der Waals surface area contributed by atoms with Crippen LogP contribution in [0.15, 0.2) is 47.1 Å². The predicted molar refractivity (Wildman–Crippen MR) is 106 cm³/mol. The summed E-state index contributed by atoms with van der Waals surface area (Å²) in [6.07, 6.45) is 6.59. The van der Waals surface area contributed by atoms with Crippen LogP contribution >= 0.6 is 15.9 Å². The fourth-order valence-corrected chi connectivity index (χ4v) is 4.06. The van der Waals surface area contributed by atoms with Gasteiger partial charge in [-0.25, -0.2) is 0 Å². The van der Waals surface area contributed by atoms with Crippen LogP contribution in [0.4, 0.5) is 5.69 Å². The summed E-state index contributed by atoms with van der Waals surface area (Å²) in [5.74, 6) is 0.609. The molecule has 1 fully saturated rings. The molecule has 3 aromatic rings. The smallest absolute Gasteiger partial charge is 0.256 e. The summed E-state index contributed by atoms with van der Waals surface area (Å²) < 4.78 is 8.11. The number of aromatic nitrogens is 2. The second-order valence-electron chi connectivity index (χ2n) is 6.60. The maximum absolute atomic E-state index is 12.9. The monoisotopic (exact) mass is 413 g/mol. The molecule has 0 saturated heterocycles. The van der Waals surface area contributed by atoms with Gasteiger partial charge in [-0.2, -0.15) is 5.10 Å². The maximum atomic E-state index is 12.9. The summed E-state index contributed by atoms with van der Waals surface area (Å²) in [6.45, 7) is 0. The van der Waals surface area contributed by atoms with Crippen molar-refractivity contribution >= 4 is 38.4 Å². The van der Waals surface area contributed by atoms with Crippen molar-refractivity contribution in [1.29, 1.82) is 0 Å². The number of halogens is 1. The SMILES string of the molecule is COc1ccc(NC(=O)c2cc(Br)cc3c2cnn3C2CCCC2)cc1. The lowest BCUT2D eigenvalue weighted by Gasteiger charge is -2.12. The standard InChI is InChI=1S/C20H20BrN3O2/c1-26-16-8-6-14(7-9-16)23-20(25)17-10-13(21)11-19-18(17)12-22-24(19)15-4-2-3-5-15/h6-12,15H,2-5H2,1H3,(H,23,25). The lowest BCUT2D eigenvalue weighted by molar-refractivity contribution is 0.102. The molecular formula is C20H20BrN3O2. The van der Waals surface area contributed by atoms with Crippen molar-refractivity contribution in [3.05, 3.63) is 52.6 Å². The molecule has 4 rings (SSSR count). The van der Waals surface area contributed by atoms with Crippen LogP contribution < -0.4 is 10.1 Å². The third kappa shape index (κ3) is 3.21.